The third-order valence-corrected chi connectivity index (χ3v) is 4.94. The molecule has 2 fully saturated rings. The van der Waals surface area contributed by atoms with Gasteiger partial charge in [-0.1, -0.05) is 25.7 Å². The second kappa shape index (κ2) is 7.68. The van der Waals surface area contributed by atoms with E-state index in [4.69, 9.17) is 4.42 Å². The molecule has 1 aliphatic heterocycles. The fourth-order valence-electron chi connectivity index (χ4n) is 3.60. The Bertz CT molecular complexity index is 444. The molecule has 0 aromatic carbocycles. The Morgan fingerprint density at radius 1 is 1.14 bits per heavy atom. The van der Waals surface area contributed by atoms with Crippen LogP contribution in [0.15, 0.2) is 22.8 Å². The maximum Gasteiger partial charge on any atom is 0.317 e. The molecule has 0 radical (unpaired) electrons. The molecule has 1 saturated carbocycles. The largest absolute Gasteiger partial charge is 0.467 e. The highest BCUT2D eigenvalue weighted by Gasteiger charge is 2.26. The lowest BCUT2D eigenvalue weighted by molar-refractivity contribution is 0.101. The van der Waals surface area contributed by atoms with E-state index in [1.165, 1.54) is 38.5 Å². The number of carbonyl (C=O) groups excluding carboxylic acids is 1. The van der Waals surface area contributed by atoms with Crippen LogP contribution in [0.4, 0.5) is 4.79 Å². The number of rotatable bonds is 3. The SMILES string of the molecule is O=C(NCc1ccco1)N1CCN(C2CCCCCC2)CC1. The fraction of sp³-hybridized carbons (Fsp3) is 0.706. The van der Waals surface area contributed by atoms with Crippen molar-refractivity contribution in [3.63, 3.8) is 0 Å². The highest BCUT2D eigenvalue weighted by atomic mass is 16.3. The van der Waals surface area contributed by atoms with Gasteiger partial charge < -0.3 is 14.6 Å². The van der Waals surface area contributed by atoms with E-state index in [0.29, 0.717) is 6.54 Å². The molecule has 2 heterocycles. The van der Waals surface area contributed by atoms with Gasteiger partial charge in [-0.25, -0.2) is 4.79 Å². The smallest absolute Gasteiger partial charge is 0.317 e. The van der Waals surface area contributed by atoms with Crippen LogP contribution >= 0.6 is 0 Å². The van der Waals surface area contributed by atoms with Crippen molar-refractivity contribution in [2.45, 2.75) is 51.1 Å². The predicted octanol–water partition coefficient (Wildman–Crippen LogP) is 2.83. The summed E-state index contributed by atoms with van der Waals surface area (Å²) in [6.07, 6.45) is 9.84. The molecule has 0 unspecified atom stereocenters. The van der Waals surface area contributed by atoms with Crippen LogP contribution in [0.3, 0.4) is 0 Å². The first-order valence-corrected chi connectivity index (χ1v) is 8.62. The van der Waals surface area contributed by atoms with Gasteiger partial charge in [-0.05, 0) is 25.0 Å². The first kappa shape index (κ1) is 15.4. The van der Waals surface area contributed by atoms with Gasteiger partial charge in [-0.15, -0.1) is 0 Å². The Kier molecular flexibility index (Phi) is 5.38. The topological polar surface area (TPSA) is 48.7 Å². The summed E-state index contributed by atoms with van der Waals surface area (Å²) < 4.78 is 5.24. The third kappa shape index (κ3) is 4.03. The van der Waals surface area contributed by atoms with Gasteiger partial charge in [0.05, 0.1) is 12.8 Å². The Morgan fingerprint density at radius 3 is 2.50 bits per heavy atom. The molecular formula is C17H27N3O2. The van der Waals surface area contributed by atoms with Crippen LogP contribution in [0.25, 0.3) is 0 Å². The van der Waals surface area contributed by atoms with E-state index in [1.54, 1.807) is 6.26 Å². The molecular weight excluding hydrogens is 278 g/mol. The summed E-state index contributed by atoms with van der Waals surface area (Å²) in [5, 5.41) is 2.93. The molecule has 2 amide bonds. The van der Waals surface area contributed by atoms with Crippen molar-refractivity contribution in [2.24, 2.45) is 0 Å². The zero-order chi connectivity index (χ0) is 15.2. The van der Waals surface area contributed by atoms with E-state index >= 15 is 0 Å². The van der Waals surface area contributed by atoms with Crippen molar-refractivity contribution >= 4 is 6.03 Å². The third-order valence-electron chi connectivity index (χ3n) is 4.94. The molecule has 1 N–H and O–H groups in total. The maximum atomic E-state index is 12.2. The van der Waals surface area contributed by atoms with Crippen LogP contribution in [0.5, 0.6) is 0 Å². The quantitative estimate of drug-likeness (QED) is 0.874. The lowest BCUT2D eigenvalue weighted by Crippen LogP contribution is -2.54. The van der Waals surface area contributed by atoms with Crippen molar-refractivity contribution in [2.75, 3.05) is 26.2 Å². The summed E-state index contributed by atoms with van der Waals surface area (Å²) in [7, 11) is 0. The highest BCUT2D eigenvalue weighted by Crippen LogP contribution is 2.22. The van der Waals surface area contributed by atoms with E-state index < -0.39 is 0 Å². The van der Waals surface area contributed by atoms with Crippen molar-refractivity contribution in [3.05, 3.63) is 24.2 Å². The Morgan fingerprint density at radius 2 is 1.86 bits per heavy atom. The molecule has 22 heavy (non-hydrogen) atoms. The minimum Gasteiger partial charge on any atom is -0.467 e. The normalized spacial score (nSPS) is 21.5. The summed E-state index contributed by atoms with van der Waals surface area (Å²) >= 11 is 0. The minimum atomic E-state index is 0.0249. The number of piperazine rings is 1. The van der Waals surface area contributed by atoms with Gasteiger partial charge >= 0.3 is 6.03 Å². The molecule has 0 spiro atoms. The molecule has 0 bridgehead atoms. The van der Waals surface area contributed by atoms with Gasteiger partial charge in [0, 0.05) is 32.2 Å². The van der Waals surface area contributed by atoms with E-state index in [-0.39, 0.29) is 6.03 Å². The summed E-state index contributed by atoms with van der Waals surface area (Å²) in [6, 6.07) is 4.49. The molecule has 3 rings (SSSR count). The Hall–Kier alpha value is -1.49. The van der Waals surface area contributed by atoms with Crippen molar-refractivity contribution in [1.29, 1.82) is 0 Å². The number of nitrogens with zero attached hydrogens (tertiary/aromatic N) is 2. The van der Waals surface area contributed by atoms with Crippen LogP contribution in [0, 0.1) is 0 Å². The summed E-state index contributed by atoms with van der Waals surface area (Å²) in [5.74, 6) is 0.797. The van der Waals surface area contributed by atoms with Gasteiger partial charge in [-0.3, -0.25) is 4.90 Å². The average molecular weight is 305 g/mol. The zero-order valence-electron chi connectivity index (χ0n) is 13.3. The van der Waals surface area contributed by atoms with E-state index in [1.807, 2.05) is 17.0 Å². The van der Waals surface area contributed by atoms with Gasteiger partial charge in [-0.2, -0.15) is 0 Å². The van der Waals surface area contributed by atoms with Crippen molar-refractivity contribution < 1.29 is 9.21 Å². The number of nitrogens with one attached hydrogen (secondary N) is 1. The molecule has 1 aromatic heterocycles. The van der Waals surface area contributed by atoms with Gasteiger partial charge in [0.25, 0.3) is 0 Å². The Balaban J connectivity index is 1.41. The van der Waals surface area contributed by atoms with E-state index in [0.717, 1.165) is 38.0 Å². The van der Waals surface area contributed by atoms with Gasteiger partial charge in [0.1, 0.15) is 5.76 Å². The van der Waals surface area contributed by atoms with Crippen LogP contribution in [0.2, 0.25) is 0 Å². The van der Waals surface area contributed by atoms with E-state index in [9.17, 15) is 4.79 Å². The van der Waals surface area contributed by atoms with Crippen molar-refractivity contribution in [1.82, 2.24) is 15.1 Å². The first-order chi connectivity index (χ1) is 10.8. The second-order valence-corrected chi connectivity index (χ2v) is 6.41. The molecule has 1 aromatic rings. The van der Waals surface area contributed by atoms with Crippen LogP contribution in [-0.4, -0.2) is 48.1 Å². The van der Waals surface area contributed by atoms with Crippen LogP contribution < -0.4 is 5.32 Å². The van der Waals surface area contributed by atoms with Crippen LogP contribution in [-0.2, 0) is 6.54 Å². The summed E-state index contributed by atoms with van der Waals surface area (Å²) in [5.41, 5.74) is 0. The monoisotopic (exact) mass is 305 g/mol. The fourth-order valence-corrected chi connectivity index (χ4v) is 3.60. The standard InChI is InChI=1S/C17H27N3O2/c21-17(18-14-16-8-5-13-22-16)20-11-9-19(10-12-20)15-6-3-1-2-4-7-15/h5,8,13,15H,1-4,6-7,9-12,14H2,(H,18,21). The van der Waals surface area contributed by atoms with Crippen molar-refractivity contribution in [3.8, 4) is 0 Å². The number of amides is 2. The lowest BCUT2D eigenvalue weighted by atomic mass is 10.1. The molecule has 1 saturated heterocycles. The van der Waals surface area contributed by atoms with Crippen LogP contribution in [0.1, 0.15) is 44.3 Å². The lowest BCUT2D eigenvalue weighted by Gasteiger charge is -2.39. The number of hydrogen-bond acceptors (Lipinski definition) is 3. The van der Waals surface area contributed by atoms with Gasteiger partial charge in [0.2, 0.25) is 0 Å². The Labute approximate surface area is 132 Å². The maximum absolute atomic E-state index is 12.2. The molecule has 1 aliphatic carbocycles. The number of urea groups is 1. The van der Waals surface area contributed by atoms with Gasteiger partial charge in [0.15, 0.2) is 0 Å². The predicted molar refractivity (Wildman–Crippen MR) is 85.6 cm³/mol. The summed E-state index contributed by atoms with van der Waals surface area (Å²) in [4.78, 5) is 16.7. The molecule has 5 nitrogen and oxygen atoms in total. The molecule has 2 aliphatic rings. The second-order valence-electron chi connectivity index (χ2n) is 6.41. The minimum absolute atomic E-state index is 0.0249. The zero-order valence-corrected chi connectivity index (χ0v) is 13.3. The summed E-state index contributed by atoms with van der Waals surface area (Å²) in [6.45, 7) is 4.16. The van der Waals surface area contributed by atoms with E-state index in [2.05, 4.69) is 10.2 Å². The molecule has 0 atom stereocenters. The highest BCUT2D eigenvalue weighted by molar-refractivity contribution is 5.74. The number of furan rings is 1. The average Bonchev–Trinajstić information content (AvgIpc) is 2.93. The number of hydrogen-bond donors (Lipinski definition) is 1. The molecule has 5 heteroatoms. The number of carbonyl (C=O) groups is 1. The molecule has 122 valence electrons. The first-order valence-electron chi connectivity index (χ1n) is 8.62.